The van der Waals surface area contributed by atoms with Crippen molar-refractivity contribution >= 4 is 41.4 Å². The van der Waals surface area contributed by atoms with Gasteiger partial charge in [-0.15, -0.1) is 23.5 Å². The predicted octanol–water partition coefficient (Wildman–Crippen LogP) is -4.48. The first-order chi connectivity index (χ1) is 21.1. The first kappa shape index (κ1) is 39.7. The van der Waals surface area contributed by atoms with Crippen LogP contribution in [0.2, 0.25) is 0 Å². The number of aliphatic hydroxyl groups excluding tert-OH is 8. The fraction of sp³-hybridized carbons (Fsp3) is 0.889. The van der Waals surface area contributed by atoms with E-state index in [0.717, 1.165) is 23.5 Å². The normalized spacial score (nSPS) is 32.2. The number of aliphatic hydroxyl groups is 8. The van der Waals surface area contributed by atoms with E-state index in [1.165, 1.54) is 0 Å². The van der Waals surface area contributed by atoms with Crippen LogP contribution >= 0.6 is 23.5 Å². The molecule has 0 aromatic rings. The Hall–Kier alpha value is -1.45. The minimum Gasteiger partial charge on any atom is -0.395 e. The van der Waals surface area contributed by atoms with E-state index in [1.807, 2.05) is 25.7 Å². The van der Waals surface area contributed by atoms with E-state index in [2.05, 4.69) is 21.3 Å². The highest BCUT2D eigenvalue weighted by Gasteiger charge is 2.44. The van der Waals surface area contributed by atoms with Gasteiger partial charge in [-0.05, 0) is 20.8 Å². The van der Waals surface area contributed by atoms with Crippen LogP contribution in [0.25, 0.3) is 0 Å². The van der Waals surface area contributed by atoms with Crippen molar-refractivity contribution in [2.45, 2.75) is 96.8 Å². The Balaban J connectivity index is 1.87. The average molecular weight is 686 g/mol. The molecule has 2 saturated heterocycles. The van der Waals surface area contributed by atoms with Gasteiger partial charge in [-0.2, -0.15) is 0 Å². The first-order valence-corrected chi connectivity index (χ1v) is 16.9. The molecule has 2 aliphatic heterocycles. The summed E-state index contributed by atoms with van der Waals surface area (Å²) in [4.78, 5) is 39.3. The summed E-state index contributed by atoms with van der Waals surface area (Å²) in [5, 5.41) is 87.7. The molecule has 0 bridgehead atoms. The molecule has 2 fully saturated rings. The third-order valence-corrected chi connectivity index (χ3v) is 10.6. The molecule has 2 rings (SSSR count). The summed E-state index contributed by atoms with van der Waals surface area (Å²) in [5.74, 6) is -0.806. The van der Waals surface area contributed by atoms with E-state index in [0.29, 0.717) is 19.6 Å². The van der Waals surface area contributed by atoms with Crippen LogP contribution in [0.3, 0.4) is 0 Å². The molecular formula is C27H51N5O11S2. The van der Waals surface area contributed by atoms with Crippen molar-refractivity contribution in [2.75, 3.05) is 52.5 Å². The number of urea groups is 1. The maximum Gasteiger partial charge on any atom is 0.315 e. The van der Waals surface area contributed by atoms with Crippen LogP contribution in [0.4, 0.5) is 4.79 Å². The van der Waals surface area contributed by atoms with E-state index in [-0.39, 0.29) is 38.5 Å². The number of carbonyl (C=O) groups is 3. The summed E-state index contributed by atoms with van der Waals surface area (Å²) < 4.78 is 0. The quantitative estimate of drug-likeness (QED) is 0.0776. The van der Waals surface area contributed by atoms with Gasteiger partial charge in [0.2, 0.25) is 11.8 Å². The lowest BCUT2D eigenvalue weighted by Crippen LogP contribution is -2.55. The molecule has 262 valence electrons. The molecule has 0 aliphatic carbocycles. The minimum absolute atomic E-state index is 0.148. The number of nitrogens with one attached hydrogen (secondary N) is 4. The van der Waals surface area contributed by atoms with Crippen molar-refractivity contribution < 1.29 is 55.2 Å². The molecule has 18 heteroatoms. The zero-order valence-corrected chi connectivity index (χ0v) is 27.5. The third kappa shape index (κ3) is 12.9. The van der Waals surface area contributed by atoms with Gasteiger partial charge in [0.05, 0.1) is 48.1 Å². The van der Waals surface area contributed by atoms with Gasteiger partial charge in [-0.1, -0.05) is 0 Å². The number of carbonyl (C=O) groups excluding carboxylic acids is 3. The highest BCUT2D eigenvalue weighted by atomic mass is 32.2. The molecule has 16 nitrogen and oxygen atoms in total. The molecule has 2 heterocycles. The number of nitrogens with zero attached hydrogens (tertiary/aromatic N) is 1. The van der Waals surface area contributed by atoms with Crippen LogP contribution in [0.5, 0.6) is 0 Å². The second-order valence-corrected chi connectivity index (χ2v) is 15.3. The van der Waals surface area contributed by atoms with Crippen LogP contribution in [-0.2, 0) is 9.59 Å². The lowest BCUT2D eigenvalue weighted by Gasteiger charge is -2.39. The lowest BCUT2D eigenvalue weighted by atomic mass is 9.99. The summed E-state index contributed by atoms with van der Waals surface area (Å²) in [6, 6.07) is -0.349. The maximum absolute atomic E-state index is 12.6. The van der Waals surface area contributed by atoms with E-state index in [1.54, 1.807) is 0 Å². The Morgan fingerprint density at radius 2 is 0.956 bits per heavy atom. The SMILES string of the molecule is CC(C)(C)NC(=O)NCCN(CCNC(=O)C[C@@H]1S[C@H](CO)[C@H](O)[C@H](O)[C@H]1O)CCNC(=O)C[C@@H]1S[C@H](CO)[C@H](O)[C@H](O)[C@H]1O. The zero-order valence-electron chi connectivity index (χ0n) is 25.9. The molecule has 0 unspecified atom stereocenters. The maximum atomic E-state index is 12.6. The van der Waals surface area contributed by atoms with Crippen molar-refractivity contribution in [1.29, 1.82) is 0 Å². The van der Waals surface area contributed by atoms with E-state index in [4.69, 9.17) is 0 Å². The Labute approximate surface area is 271 Å². The highest BCUT2D eigenvalue weighted by Crippen LogP contribution is 2.35. The largest absolute Gasteiger partial charge is 0.395 e. The molecule has 0 spiro atoms. The second kappa shape index (κ2) is 18.8. The lowest BCUT2D eigenvalue weighted by molar-refractivity contribution is -0.123. The van der Waals surface area contributed by atoms with E-state index >= 15 is 0 Å². The van der Waals surface area contributed by atoms with Crippen molar-refractivity contribution in [3.05, 3.63) is 0 Å². The van der Waals surface area contributed by atoms with Gasteiger partial charge in [-0.25, -0.2) is 4.79 Å². The molecule has 2 aliphatic rings. The van der Waals surface area contributed by atoms with E-state index in [9.17, 15) is 55.2 Å². The minimum atomic E-state index is -1.48. The standard InChI is InChI=1S/C27H51N5O11S2/c1-27(2,3)31-26(43)30-6-9-32(7-4-28-18(35)10-14-20(37)24(41)22(39)16(12-33)44-14)8-5-29-19(36)11-15-21(38)25(42)23(40)17(13-34)45-15/h14-17,20-25,33-34,37-42H,4-13H2,1-3H3,(H,28,35)(H,29,36)(H2,30,31,43)/t14-,15-,16+,17+,20-,21-,22-,23-,24+,25+/m0/s1. The van der Waals surface area contributed by atoms with Gasteiger partial charge in [0.15, 0.2) is 0 Å². The summed E-state index contributed by atoms with van der Waals surface area (Å²) in [6.45, 7) is 6.40. The second-order valence-electron chi connectivity index (χ2n) is 12.3. The van der Waals surface area contributed by atoms with Crippen molar-refractivity contribution in [2.24, 2.45) is 0 Å². The molecule has 0 aromatic heterocycles. The van der Waals surface area contributed by atoms with Gasteiger partial charge < -0.3 is 62.1 Å². The third-order valence-electron chi connectivity index (χ3n) is 7.46. The summed E-state index contributed by atoms with van der Waals surface area (Å²) in [6.07, 6.45) is -8.59. The number of rotatable bonds is 15. The first-order valence-electron chi connectivity index (χ1n) is 15.0. The Bertz CT molecular complexity index is 889. The molecule has 0 aromatic carbocycles. The molecule has 0 radical (unpaired) electrons. The van der Waals surface area contributed by atoms with Crippen molar-refractivity contribution in [1.82, 2.24) is 26.2 Å². The molecule has 45 heavy (non-hydrogen) atoms. The smallest absolute Gasteiger partial charge is 0.315 e. The molecule has 12 N–H and O–H groups in total. The van der Waals surface area contributed by atoms with Crippen LogP contribution in [0, 0.1) is 0 Å². The topological polar surface area (TPSA) is 264 Å². The molecule has 4 amide bonds. The van der Waals surface area contributed by atoms with E-state index < -0.39 is 88.2 Å². The zero-order chi connectivity index (χ0) is 33.9. The summed E-state index contributed by atoms with van der Waals surface area (Å²) in [5.41, 5.74) is -0.427. The number of thioether (sulfide) groups is 2. The Morgan fingerprint density at radius 1 is 0.600 bits per heavy atom. The van der Waals surface area contributed by atoms with Gasteiger partial charge in [0.1, 0.15) is 12.2 Å². The molecular weight excluding hydrogens is 634 g/mol. The van der Waals surface area contributed by atoms with Crippen LogP contribution in [-0.4, -0.2) is 179 Å². The number of hydrogen-bond acceptors (Lipinski definition) is 14. The Kier molecular flexibility index (Phi) is 16.6. The van der Waals surface area contributed by atoms with Gasteiger partial charge in [-0.3, -0.25) is 14.5 Å². The van der Waals surface area contributed by atoms with Crippen LogP contribution < -0.4 is 21.3 Å². The highest BCUT2D eigenvalue weighted by molar-refractivity contribution is 8.01. The van der Waals surface area contributed by atoms with Crippen LogP contribution in [0.1, 0.15) is 33.6 Å². The van der Waals surface area contributed by atoms with Gasteiger partial charge in [0, 0.05) is 68.1 Å². The summed E-state index contributed by atoms with van der Waals surface area (Å²) >= 11 is 2.08. The number of hydrogen-bond donors (Lipinski definition) is 12. The monoisotopic (exact) mass is 685 g/mol. The Morgan fingerprint density at radius 3 is 1.31 bits per heavy atom. The fourth-order valence-corrected chi connectivity index (χ4v) is 7.81. The fourth-order valence-electron chi connectivity index (χ4n) is 4.96. The van der Waals surface area contributed by atoms with Crippen molar-refractivity contribution in [3.8, 4) is 0 Å². The van der Waals surface area contributed by atoms with Crippen molar-refractivity contribution in [3.63, 3.8) is 0 Å². The number of amides is 4. The van der Waals surface area contributed by atoms with Gasteiger partial charge in [0.25, 0.3) is 0 Å². The summed E-state index contributed by atoms with van der Waals surface area (Å²) in [7, 11) is 0. The van der Waals surface area contributed by atoms with Gasteiger partial charge >= 0.3 is 6.03 Å². The predicted molar refractivity (Wildman–Crippen MR) is 169 cm³/mol. The van der Waals surface area contributed by atoms with Crippen LogP contribution in [0.15, 0.2) is 0 Å². The molecule has 0 saturated carbocycles. The molecule has 10 atom stereocenters. The average Bonchev–Trinajstić information content (AvgIpc) is 2.96.